The topological polar surface area (TPSA) is 191 Å². The van der Waals surface area contributed by atoms with E-state index < -0.39 is 47.8 Å². The van der Waals surface area contributed by atoms with Crippen LogP contribution in [0.5, 0.6) is 0 Å². The van der Waals surface area contributed by atoms with Gasteiger partial charge in [0.25, 0.3) is 5.56 Å². The molecule has 1 saturated heterocycles. The summed E-state index contributed by atoms with van der Waals surface area (Å²) in [5.41, 5.74) is 0.416. The summed E-state index contributed by atoms with van der Waals surface area (Å²) in [6, 6.07) is 0.837. The average Bonchev–Trinajstić information content (AvgIpc) is 2.41. The maximum absolute atomic E-state index is 11.7. The zero-order chi connectivity index (χ0) is 16.0. The van der Waals surface area contributed by atoms with E-state index >= 15 is 0 Å². The van der Waals surface area contributed by atoms with Gasteiger partial charge in [0, 0.05) is 12.3 Å². The van der Waals surface area contributed by atoms with E-state index in [9.17, 15) is 30.0 Å². The van der Waals surface area contributed by atoms with Crippen molar-refractivity contribution in [1.82, 2.24) is 9.55 Å². The molecule has 0 bridgehead atoms. The van der Waals surface area contributed by atoms with Gasteiger partial charge in [-0.15, -0.1) is 0 Å². The first-order valence-electron chi connectivity index (χ1n) is 5.86. The van der Waals surface area contributed by atoms with E-state index in [4.69, 9.17) is 15.6 Å². The standard InChI is InChI=1S/C10H15N3O8/c11-9(19)7(17)6(16)4(3-14)21-10(9,20)13-2-1-5(15)12-8(13)18/h1-2,4,6-7,14,16-17,19-20H,3,11H2,(H,12,15,18). The molecule has 1 aromatic rings. The lowest BCUT2D eigenvalue weighted by molar-refractivity contribution is -0.429. The van der Waals surface area contributed by atoms with Gasteiger partial charge in [-0.25, -0.2) is 9.36 Å². The van der Waals surface area contributed by atoms with Crippen LogP contribution in [0.2, 0.25) is 0 Å². The minimum absolute atomic E-state index is 0.326. The number of nitrogens with zero attached hydrogens (tertiary/aromatic N) is 1. The number of rotatable bonds is 2. The fourth-order valence-corrected chi connectivity index (χ4v) is 2.08. The molecule has 11 heteroatoms. The summed E-state index contributed by atoms with van der Waals surface area (Å²) >= 11 is 0. The highest BCUT2D eigenvalue weighted by Crippen LogP contribution is 2.35. The molecule has 0 spiro atoms. The smallest absolute Gasteiger partial charge is 0.332 e. The van der Waals surface area contributed by atoms with Crippen LogP contribution in [-0.2, 0) is 10.6 Å². The first kappa shape index (κ1) is 15.8. The van der Waals surface area contributed by atoms with Gasteiger partial charge in [0.15, 0.2) is 0 Å². The number of aromatic amines is 1. The van der Waals surface area contributed by atoms with Crippen molar-refractivity contribution in [3.05, 3.63) is 33.1 Å². The van der Waals surface area contributed by atoms with E-state index in [2.05, 4.69) is 0 Å². The van der Waals surface area contributed by atoms with Crippen LogP contribution in [0.3, 0.4) is 0 Å². The van der Waals surface area contributed by atoms with Crippen LogP contribution >= 0.6 is 0 Å². The summed E-state index contributed by atoms with van der Waals surface area (Å²) in [4.78, 5) is 24.5. The fraction of sp³-hybridized carbons (Fsp3) is 0.600. The summed E-state index contributed by atoms with van der Waals surface area (Å²) in [6.07, 6.45) is -4.72. The summed E-state index contributed by atoms with van der Waals surface area (Å²) < 4.78 is 5.21. The van der Waals surface area contributed by atoms with Gasteiger partial charge in [0.2, 0.25) is 5.72 Å². The van der Waals surface area contributed by atoms with Crippen LogP contribution in [-0.4, -0.2) is 65.7 Å². The molecule has 1 fully saturated rings. The van der Waals surface area contributed by atoms with Crippen LogP contribution in [0.1, 0.15) is 0 Å². The fourth-order valence-electron chi connectivity index (χ4n) is 2.08. The lowest BCUT2D eigenvalue weighted by atomic mass is 9.91. The molecule has 0 amide bonds. The van der Waals surface area contributed by atoms with Crippen molar-refractivity contribution in [2.45, 2.75) is 29.9 Å². The van der Waals surface area contributed by atoms with E-state index in [-0.39, 0.29) is 0 Å². The van der Waals surface area contributed by atoms with Gasteiger partial charge in [0.05, 0.1) is 6.61 Å². The maximum atomic E-state index is 11.7. The first-order valence-corrected chi connectivity index (χ1v) is 5.86. The number of ether oxygens (including phenoxy) is 1. The second-order valence-electron chi connectivity index (χ2n) is 4.69. The SMILES string of the molecule is NC1(O)C(O)C(O)C(CO)OC1(O)n1ccc(=O)[nH]c1=O. The van der Waals surface area contributed by atoms with Gasteiger partial charge in [-0.05, 0) is 0 Å². The van der Waals surface area contributed by atoms with Crippen molar-refractivity contribution in [2.75, 3.05) is 6.61 Å². The summed E-state index contributed by atoms with van der Waals surface area (Å²) in [5, 5.41) is 48.9. The molecule has 0 radical (unpaired) electrons. The number of nitrogens with two attached hydrogens (primary N) is 1. The van der Waals surface area contributed by atoms with Gasteiger partial charge in [-0.3, -0.25) is 15.5 Å². The van der Waals surface area contributed by atoms with Gasteiger partial charge < -0.3 is 30.3 Å². The van der Waals surface area contributed by atoms with Crippen molar-refractivity contribution in [3.63, 3.8) is 0 Å². The number of aromatic nitrogens is 2. The van der Waals surface area contributed by atoms with E-state index in [0.717, 1.165) is 12.3 Å². The Bertz CT molecular complexity index is 640. The third-order valence-corrected chi connectivity index (χ3v) is 3.32. The van der Waals surface area contributed by atoms with Gasteiger partial charge in [-0.2, -0.15) is 0 Å². The molecule has 1 aromatic heterocycles. The number of aliphatic hydroxyl groups excluding tert-OH is 3. The van der Waals surface area contributed by atoms with Crippen LogP contribution < -0.4 is 17.0 Å². The highest BCUT2D eigenvalue weighted by molar-refractivity contribution is 5.03. The molecular weight excluding hydrogens is 290 g/mol. The Morgan fingerprint density at radius 2 is 2.00 bits per heavy atom. The zero-order valence-electron chi connectivity index (χ0n) is 10.6. The van der Waals surface area contributed by atoms with E-state index in [1.54, 1.807) is 4.98 Å². The van der Waals surface area contributed by atoms with Crippen LogP contribution in [0.15, 0.2) is 21.9 Å². The Hall–Kier alpha value is -1.60. The third kappa shape index (κ3) is 2.20. The van der Waals surface area contributed by atoms with E-state index in [1.165, 1.54) is 0 Å². The van der Waals surface area contributed by atoms with Gasteiger partial charge in [0.1, 0.15) is 18.3 Å². The Kier molecular flexibility index (Phi) is 3.75. The first-order chi connectivity index (χ1) is 9.65. The summed E-state index contributed by atoms with van der Waals surface area (Å²) in [5.74, 6) is -3.03. The monoisotopic (exact) mass is 305 g/mol. The molecule has 11 nitrogen and oxygen atoms in total. The van der Waals surface area contributed by atoms with Crippen LogP contribution in [0, 0.1) is 0 Å². The van der Waals surface area contributed by atoms with Gasteiger partial charge in [-0.1, -0.05) is 0 Å². The third-order valence-electron chi connectivity index (χ3n) is 3.32. The van der Waals surface area contributed by atoms with Gasteiger partial charge >= 0.3 is 11.6 Å². The minimum Gasteiger partial charge on any atom is -0.394 e. The van der Waals surface area contributed by atoms with Crippen molar-refractivity contribution < 1.29 is 30.3 Å². The Labute approximate surface area is 116 Å². The predicted molar refractivity (Wildman–Crippen MR) is 64.6 cm³/mol. The quantitative estimate of drug-likeness (QED) is 0.262. The van der Waals surface area contributed by atoms with Crippen molar-refractivity contribution >= 4 is 0 Å². The average molecular weight is 305 g/mol. The van der Waals surface area contributed by atoms with Crippen LogP contribution in [0.4, 0.5) is 0 Å². The second-order valence-corrected chi connectivity index (χ2v) is 4.69. The molecule has 1 aliphatic heterocycles. The van der Waals surface area contributed by atoms with E-state index in [1.807, 2.05) is 0 Å². The molecule has 0 aromatic carbocycles. The Balaban J connectivity index is 2.61. The Morgan fingerprint density at radius 3 is 2.52 bits per heavy atom. The van der Waals surface area contributed by atoms with Crippen molar-refractivity contribution in [3.8, 4) is 0 Å². The molecule has 8 N–H and O–H groups in total. The number of aliphatic hydroxyl groups is 5. The summed E-state index contributed by atoms with van der Waals surface area (Å²) in [6.45, 7) is -0.839. The highest BCUT2D eigenvalue weighted by Gasteiger charge is 2.63. The molecule has 5 atom stereocenters. The molecule has 0 aliphatic carbocycles. The number of hydrogen-bond donors (Lipinski definition) is 7. The largest absolute Gasteiger partial charge is 0.394 e. The molecule has 2 heterocycles. The molecule has 0 saturated carbocycles. The highest BCUT2D eigenvalue weighted by atomic mass is 16.7. The van der Waals surface area contributed by atoms with Crippen molar-refractivity contribution in [2.24, 2.45) is 5.73 Å². The summed E-state index contributed by atoms with van der Waals surface area (Å²) in [7, 11) is 0. The molecule has 118 valence electrons. The lowest BCUT2D eigenvalue weighted by Crippen LogP contribution is -2.78. The van der Waals surface area contributed by atoms with Crippen LogP contribution in [0.25, 0.3) is 0 Å². The van der Waals surface area contributed by atoms with E-state index in [0.29, 0.717) is 4.57 Å². The molecule has 21 heavy (non-hydrogen) atoms. The number of hydrogen-bond acceptors (Lipinski definition) is 9. The second kappa shape index (κ2) is 4.99. The Morgan fingerprint density at radius 1 is 1.38 bits per heavy atom. The lowest BCUT2D eigenvalue weighted by Gasteiger charge is -2.50. The predicted octanol–water partition coefficient (Wildman–Crippen LogP) is -5.10. The van der Waals surface area contributed by atoms with Crippen molar-refractivity contribution in [1.29, 1.82) is 0 Å². The normalized spacial score (nSPS) is 40.2. The molecule has 1 aliphatic rings. The maximum Gasteiger partial charge on any atom is 0.332 e. The molecule has 2 rings (SSSR count). The molecule has 5 unspecified atom stereocenters. The minimum atomic E-state index is -3.03. The number of H-pyrrole nitrogens is 1. The molecular formula is C10H15N3O8. The zero-order valence-corrected chi connectivity index (χ0v) is 10.6. The number of nitrogens with one attached hydrogen (secondary N) is 1.